The molecule has 92 valence electrons. The molecule has 0 atom stereocenters. The van der Waals surface area contributed by atoms with Crippen LogP contribution in [0, 0.1) is 0 Å². The molecule has 0 saturated heterocycles. The fourth-order valence-electron chi connectivity index (χ4n) is 1.35. The van der Waals surface area contributed by atoms with Crippen LogP contribution in [0.15, 0.2) is 22.8 Å². The van der Waals surface area contributed by atoms with Crippen molar-refractivity contribution in [3.05, 3.63) is 29.2 Å². The van der Waals surface area contributed by atoms with Gasteiger partial charge in [-0.1, -0.05) is 32.1 Å². The Morgan fingerprint density at radius 2 is 2.18 bits per heavy atom. The van der Waals surface area contributed by atoms with Gasteiger partial charge in [-0.05, 0) is 12.1 Å². The third-order valence-electron chi connectivity index (χ3n) is 2.29. The second-order valence-electron chi connectivity index (χ2n) is 4.92. The van der Waals surface area contributed by atoms with E-state index in [1.165, 1.54) is 0 Å². The fourth-order valence-corrected chi connectivity index (χ4v) is 2.17. The van der Waals surface area contributed by atoms with Crippen molar-refractivity contribution in [1.82, 2.24) is 10.2 Å². The molecule has 0 aliphatic rings. The van der Waals surface area contributed by atoms with E-state index in [-0.39, 0.29) is 5.41 Å². The smallest absolute Gasteiger partial charge is 0.205 e. The lowest BCUT2D eigenvalue weighted by Crippen LogP contribution is -2.10. The zero-order chi connectivity index (χ0) is 12.3. The number of nitrogens with zero attached hydrogens (tertiary/aromatic N) is 2. The van der Waals surface area contributed by atoms with E-state index in [0.29, 0.717) is 0 Å². The van der Waals surface area contributed by atoms with Gasteiger partial charge in [0.2, 0.25) is 5.13 Å². The number of rotatable bonds is 4. The van der Waals surface area contributed by atoms with Crippen LogP contribution in [0.3, 0.4) is 0 Å². The van der Waals surface area contributed by atoms with E-state index in [2.05, 4.69) is 36.3 Å². The zero-order valence-electron chi connectivity index (χ0n) is 10.4. The maximum Gasteiger partial charge on any atom is 0.205 e. The van der Waals surface area contributed by atoms with Gasteiger partial charge in [0.25, 0.3) is 0 Å². The third kappa shape index (κ3) is 3.30. The normalized spacial score (nSPS) is 11.7. The third-order valence-corrected chi connectivity index (χ3v) is 3.60. The highest BCUT2D eigenvalue weighted by Crippen LogP contribution is 2.27. The Balaban J connectivity index is 1.85. The Morgan fingerprint density at radius 1 is 1.35 bits per heavy atom. The van der Waals surface area contributed by atoms with E-state index >= 15 is 0 Å². The lowest BCUT2D eigenvalue weighted by atomic mass is 9.98. The van der Waals surface area contributed by atoms with Crippen LogP contribution >= 0.6 is 11.3 Å². The molecule has 17 heavy (non-hydrogen) atoms. The van der Waals surface area contributed by atoms with Gasteiger partial charge in [0, 0.05) is 18.4 Å². The Morgan fingerprint density at radius 3 is 2.76 bits per heavy atom. The molecule has 0 fully saturated rings. The predicted molar refractivity (Wildman–Crippen MR) is 69.5 cm³/mol. The molecule has 2 heterocycles. The van der Waals surface area contributed by atoms with Crippen molar-refractivity contribution in [1.29, 1.82) is 0 Å². The highest BCUT2D eigenvalue weighted by molar-refractivity contribution is 7.15. The molecule has 0 amide bonds. The highest BCUT2D eigenvalue weighted by atomic mass is 32.1. The van der Waals surface area contributed by atoms with Crippen molar-refractivity contribution in [2.24, 2.45) is 0 Å². The van der Waals surface area contributed by atoms with Crippen LogP contribution in [-0.4, -0.2) is 16.7 Å². The number of hydrogen-bond acceptors (Lipinski definition) is 5. The van der Waals surface area contributed by atoms with Crippen molar-refractivity contribution >= 4 is 16.5 Å². The lowest BCUT2D eigenvalue weighted by molar-refractivity contribution is 0.513. The second-order valence-corrected chi connectivity index (χ2v) is 5.90. The molecule has 2 aromatic heterocycles. The number of nitrogens with one attached hydrogen (secondary N) is 1. The molecule has 4 nitrogen and oxygen atoms in total. The first-order chi connectivity index (χ1) is 8.05. The lowest BCUT2D eigenvalue weighted by Gasteiger charge is -2.12. The summed E-state index contributed by atoms with van der Waals surface area (Å²) in [6.45, 7) is 7.23. The van der Waals surface area contributed by atoms with Crippen molar-refractivity contribution in [3.63, 3.8) is 0 Å². The van der Waals surface area contributed by atoms with Gasteiger partial charge in [0.15, 0.2) is 0 Å². The van der Waals surface area contributed by atoms with Crippen LogP contribution < -0.4 is 5.32 Å². The summed E-state index contributed by atoms with van der Waals surface area (Å²) in [6, 6.07) is 3.88. The molecule has 0 saturated carbocycles. The van der Waals surface area contributed by atoms with Crippen LogP contribution in [-0.2, 0) is 11.8 Å². The van der Waals surface area contributed by atoms with Crippen LogP contribution in [0.2, 0.25) is 0 Å². The van der Waals surface area contributed by atoms with Gasteiger partial charge in [-0.15, -0.1) is 10.2 Å². The molecular formula is C12H17N3OS. The number of furan rings is 1. The topological polar surface area (TPSA) is 51.0 Å². The monoisotopic (exact) mass is 251 g/mol. The summed E-state index contributed by atoms with van der Waals surface area (Å²) in [7, 11) is 0. The molecule has 1 N–H and O–H groups in total. The number of anilines is 1. The first-order valence-electron chi connectivity index (χ1n) is 5.66. The highest BCUT2D eigenvalue weighted by Gasteiger charge is 2.19. The molecule has 0 spiro atoms. The summed E-state index contributed by atoms with van der Waals surface area (Å²) in [6.07, 6.45) is 2.55. The van der Waals surface area contributed by atoms with E-state index in [1.807, 2.05) is 12.1 Å². The Labute approximate surface area is 105 Å². The molecule has 0 radical (unpaired) electrons. The summed E-state index contributed by atoms with van der Waals surface area (Å²) in [5.41, 5.74) is 0.0681. The predicted octanol–water partition coefficient (Wildman–Crippen LogP) is 3.08. The van der Waals surface area contributed by atoms with E-state index in [9.17, 15) is 0 Å². The Hall–Kier alpha value is -1.36. The molecule has 2 rings (SSSR count). The SMILES string of the molecule is CC(C)(C)c1nnc(NCCc2ccco2)s1. The van der Waals surface area contributed by atoms with Gasteiger partial charge in [0.1, 0.15) is 10.8 Å². The van der Waals surface area contributed by atoms with Crippen LogP contribution in [0.4, 0.5) is 5.13 Å². The van der Waals surface area contributed by atoms with Gasteiger partial charge in [-0.25, -0.2) is 0 Å². The van der Waals surface area contributed by atoms with Crippen LogP contribution in [0.25, 0.3) is 0 Å². The first kappa shape index (κ1) is 12.1. The van der Waals surface area contributed by atoms with Crippen molar-refractivity contribution in [2.75, 3.05) is 11.9 Å². The molecule has 0 aliphatic heterocycles. The standard InChI is InChI=1S/C12H17N3OS/c1-12(2,3)10-14-15-11(17-10)13-7-6-9-5-4-8-16-9/h4-5,8H,6-7H2,1-3H3,(H,13,15). The minimum absolute atomic E-state index is 0.0681. The van der Waals surface area contributed by atoms with Crippen molar-refractivity contribution < 1.29 is 4.42 Å². The number of hydrogen-bond donors (Lipinski definition) is 1. The van der Waals surface area contributed by atoms with Gasteiger partial charge in [-0.2, -0.15) is 0 Å². The fraction of sp³-hybridized carbons (Fsp3) is 0.500. The zero-order valence-corrected chi connectivity index (χ0v) is 11.2. The summed E-state index contributed by atoms with van der Waals surface area (Å²) in [5.74, 6) is 0.984. The largest absolute Gasteiger partial charge is 0.469 e. The average Bonchev–Trinajstić information content (AvgIpc) is 2.86. The Bertz CT molecular complexity index is 456. The average molecular weight is 251 g/mol. The van der Waals surface area contributed by atoms with Gasteiger partial charge >= 0.3 is 0 Å². The summed E-state index contributed by atoms with van der Waals surface area (Å²) in [5, 5.41) is 13.5. The van der Waals surface area contributed by atoms with Gasteiger partial charge in [0.05, 0.1) is 6.26 Å². The summed E-state index contributed by atoms with van der Waals surface area (Å²) >= 11 is 1.61. The molecule has 2 aromatic rings. The molecule has 5 heteroatoms. The minimum Gasteiger partial charge on any atom is -0.469 e. The van der Waals surface area contributed by atoms with Crippen molar-refractivity contribution in [2.45, 2.75) is 32.6 Å². The van der Waals surface area contributed by atoms with E-state index in [1.54, 1.807) is 17.6 Å². The molecule has 0 unspecified atom stereocenters. The first-order valence-corrected chi connectivity index (χ1v) is 6.47. The Kier molecular flexibility index (Phi) is 3.47. The quantitative estimate of drug-likeness (QED) is 0.907. The van der Waals surface area contributed by atoms with Crippen molar-refractivity contribution in [3.8, 4) is 0 Å². The van der Waals surface area contributed by atoms with Crippen LogP contribution in [0.1, 0.15) is 31.5 Å². The minimum atomic E-state index is 0.0681. The summed E-state index contributed by atoms with van der Waals surface area (Å²) < 4.78 is 5.26. The maximum atomic E-state index is 5.26. The van der Waals surface area contributed by atoms with E-state index in [4.69, 9.17) is 4.42 Å². The van der Waals surface area contributed by atoms with Gasteiger partial charge < -0.3 is 9.73 Å². The maximum absolute atomic E-state index is 5.26. The van der Waals surface area contributed by atoms with E-state index in [0.717, 1.165) is 28.9 Å². The molecule has 0 aliphatic carbocycles. The number of aromatic nitrogens is 2. The summed E-state index contributed by atoms with van der Waals surface area (Å²) in [4.78, 5) is 0. The second kappa shape index (κ2) is 4.87. The van der Waals surface area contributed by atoms with E-state index < -0.39 is 0 Å². The van der Waals surface area contributed by atoms with Gasteiger partial charge in [-0.3, -0.25) is 0 Å². The molecule has 0 bridgehead atoms. The van der Waals surface area contributed by atoms with Crippen LogP contribution in [0.5, 0.6) is 0 Å². The molecule has 0 aromatic carbocycles. The molecular weight excluding hydrogens is 234 g/mol.